The number of halogens is 1. The molecule has 2 amide bonds. The molecule has 0 saturated carbocycles. The first-order valence-electron chi connectivity index (χ1n) is 8.15. The second-order valence-electron chi connectivity index (χ2n) is 5.60. The number of fused-ring (bicyclic) bond motifs is 1. The topological polar surface area (TPSA) is 80.8 Å². The van der Waals surface area contributed by atoms with Crippen LogP contribution in [-0.4, -0.2) is 36.1 Å². The average Bonchev–Trinajstić information content (AvgIpc) is 2.63. The van der Waals surface area contributed by atoms with Gasteiger partial charge in [0, 0.05) is 0 Å². The van der Waals surface area contributed by atoms with E-state index in [2.05, 4.69) is 26.2 Å². The first-order chi connectivity index (χ1) is 12.5. The van der Waals surface area contributed by atoms with E-state index in [1.54, 1.807) is 37.3 Å². The number of nitrogens with one attached hydrogen (secondary N) is 1. The molecule has 0 aliphatic carbocycles. The SMILES string of the molecule is CCOc1ccccc1NC(=O)C(C)N1C(=O)COc2ccc(Br)nc21. The van der Waals surface area contributed by atoms with Crippen LogP contribution in [-0.2, 0) is 9.59 Å². The van der Waals surface area contributed by atoms with Gasteiger partial charge in [0.2, 0.25) is 5.91 Å². The van der Waals surface area contributed by atoms with Crippen molar-refractivity contribution >= 4 is 39.2 Å². The molecule has 26 heavy (non-hydrogen) atoms. The number of para-hydroxylation sites is 2. The molecule has 1 atom stereocenters. The smallest absolute Gasteiger partial charge is 0.266 e. The molecular weight excluding hydrogens is 402 g/mol. The summed E-state index contributed by atoms with van der Waals surface area (Å²) in [5, 5.41) is 2.82. The molecule has 7 nitrogen and oxygen atoms in total. The molecule has 136 valence electrons. The Hall–Kier alpha value is -2.61. The summed E-state index contributed by atoms with van der Waals surface area (Å²) >= 11 is 3.28. The van der Waals surface area contributed by atoms with Gasteiger partial charge in [0.25, 0.3) is 5.91 Å². The number of nitrogens with zero attached hydrogens (tertiary/aromatic N) is 2. The van der Waals surface area contributed by atoms with Gasteiger partial charge in [-0.25, -0.2) is 4.98 Å². The molecular formula is C18H18BrN3O4. The number of aromatic nitrogens is 1. The fourth-order valence-electron chi connectivity index (χ4n) is 2.63. The summed E-state index contributed by atoms with van der Waals surface area (Å²) in [7, 11) is 0. The van der Waals surface area contributed by atoms with Gasteiger partial charge in [-0.2, -0.15) is 0 Å². The van der Waals surface area contributed by atoms with Crippen LogP contribution < -0.4 is 19.7 Å². The highest BCUT2D eigenvalue weighted by Gasteiger charge is 2.34. The summed E-state index contributed by atoms with van der Waals surface area (Å²) in [5.74, 6) is 0.674. The van der Waals surface area contributed by atoms with Crippen LogP contribution in [0.15, 0.2) is 41.0 Å². The molecule has 1 unspecified atom stereocenters. The number of pyridine rings is 1. The number of hydrogen-bond acceptors (Lipinski definition) is 5. The maximum Gasteiger partial charge on any atom is 0.266 e. The fourth-order valence-corrected chi connectivity index (χ4v) is 2.93. The molecule has 1 aliphatic rings. The van der Waals surface area contributed by atoms with Gasteiger partial charge in [0.05, 0.1) is 12.3 Å². The van der Waals surface area contributed by atoms with E-state index < -0.39 is 6.04 Å². The second-order valence-corrected chi connectivity index (χ2v) is 6.42. The summed E-state index contributed by atoms with van der Waals surface area (Å²) in [6.45, 7) is 3.86. The van der Waals surface area contributed by atoms with Gasteiger partial charge >= 0.3 is 0 Å². The highest BCUT2D eigenvalue weighted by atomic mass is 79.9. The quantitative estimate of drug-likeness (QED) is 0.753. The third kappa shape index (κ3) is 3.65. The number of benzene rings is 1. The Labute approximate surface area is 159 Å². The van der Waals surface area contributed by atoms with E-state index in [9.17, 15) is 9.59 Å². The molecule has 2 aromatic rings. The van der Waals surface area contributed by atoms with Gasteiger partial charge in [-0.15, -0.1) is 0 Å². The maximum absolute atomic E-state index is 12.8. The van der Waals surface area contributed by atoms with E-state index in [0.717, 1.165) is 0 Å². The Balaban J connectivity index is 1.85. The Kier molecular flexibility index (Phi) is 5.41. The van der Waals surface area contributed by atoms with Crippen molar-refractivity contribution in [1.29, 1.82) is 0 Å². The number of ether oxygens (including phenoxy) is 2. The van der Waals surface area contributed by atoms with Gasteiger partial charge < -0.3 is 14.8 Å². The lowest BCUT2D eigenvalue weighted by molar-refractivity contribution is -0.125. The van der Waals surface area contributed by atoms with Crippen LogP contribution in [0.1, 0.15) is 13.8 Å². The summed E-state index contributed by atoms with van der Waals surface area (Å²) < 4.78 is 11.5. The highest BCUT2D eigenvalue weighted by molar-refractivity contribution is 9.10. The number of carbonyl (C=O) groups excluding carboxylic acids is 2. The largest absolute Gasteiger partial charge is 0.492 e. The van der Waals surface area contributed by atoms with Crippen LogP contribution in [0.5, 0.6) is 11.5 Å². The van der Waals surface area contributed by atoms with Crippen LogP contribution in [0.3, 0.4) is 0 Å². The van der Waals surface area contributed by atoms with Crippen molar-refractivity contribution in [3.05, 3.63) is 41.0 Å². The lowest BCUT2D eigenvalue weighted by Gasteiger charge is -2.32. The predicted molar refractivity (Wildman–Crippen MR) is 101 cm³/mol. The molecule has 1 aliphatic heterocycles. The molecule has 0 spiro atoms. The van der Waals surface area contributed by atoms with Crippen molar-refractivity contribution in [3.8, 4) is 11.5 Å². The van der Waals surface area contributed by atoms with Gasteiger partial charge in [-0.1, -0.05) is 12.1 Å². The third-order valence-electron chi connectivity index (χ3n) is 3.86. The minimum Gasteiger partial charge on any atom is -0.492 e. The standard InChI is InChI=1S/C18H18BrN3O4/c1-3-25-13-7-5-4-6-12(13)20-18(24)11(2)22-16(23)10-26-14-8-9-15(19)21-17(14)22/h4-9,11H,3,10H2,1-2H3,(H,20,24). The maximum atomic E-state index is 12.8. The first kappa shape index (κ1) is 18.2. The third-order valence-corrected chi connectivity index (χ3v) is 4.31. The van der Waals surface area contributed by atoms with E-state index in [-0.39, 0.29) is 18.4 Å². The molecule has 1 N–H and O–H groups in total. The number of hydrogen-bond donors (Lipinski definition) is 1. The number of amides is 2. The highest BCUT2D eigenvalue weighted by Crippen LogP contribution is 2.33. The van der Waals surface area contributed by atoms with E-state index in [4.69, 9.17) is 9.47 Å². The first-order valence-corrected chi connectivity index (χ1v) is 8.94. The zero-order valence-corrected chi connectivity index (χ0v) is 15.9. The van der Waals surface area contributed by atoms with Crippen LogP contribution in [0.25, 0.3) is 0 Å². The minimum atomic E-state index is -0.776. The van der Waals surface area contributed by atoms with Crippen LogP contribution in [0, 0.1) is 0 Å². The number of carbonyl (C=O) groups is 2. The summed E-state index contributed by atoms with van der Waals surface area (Å²) in [4.78, 5) is 30.8. The lowest BCUT2D eigenvalue weighted by Crippen LogP contribution is -2.50. The van der Waals surface area contributed by atoms with Crippen molar-refractivity contribution in [2.24, 2.45) is 0 Å². The van der Waals surface area contributed by atoms with Gasteiger partial charge in [-0.3, -0.25) is 14.5 Å². The summed E-state index contributed by atoms with van der Waals surface area (Å²) in [5.41, 5.74) is 0.550. The zero-order chi connectivity index (χ0) is 18.7. The van der Waals surface area contributed by atoms with Crippen molar-refractivity contribution in [2.75, 3.05) is 23.4 Å². The van der Waals surface area contributed by atoms with Gasteiger partial charge in [0.15, 0.2) is 18.2 Å². The number of rotatable bonds is 5. The molecule has 8 heteroatoms. The minimum absolute atomic E-state index is 0.135. The van der Waals surface area contributed by atoms with Crippen LogP contribution >= 0.6 is 15.9 Å². The Morgan fingerprint density at radius 3 is 2.92 bits per heavy atom. The monoisotopic (exact) mass is 419 g/mol. The molecule has 0 fully saturated rings. The predicted octanol–water partition coefficient (Wildman–Crippen LogP) is 3.00. The van der Waals surface area contributed by atoms with Gasteiger partial charge in [-0.05, 0) is 54.0 Å². The van der Waals surface area contributed by atoms with E-state index in [1.807, 2.05) is 13.0 Å². The summed E-state index contributed by atoms with van der Waals surface area (Å²) in [6.07, 6.45) is 0. The van der Waals surface area contributed by atoms with Gasteiger partial charge in [0.1, 0.15) is 16.4 Å². The molecule has 1 aromatic carbocycles. The molecule has 0 saturated heterocycles. The van der Waals surface area contributed by atoms with Crippen molar-refractivity contribution < 1.29 is 19.1 Å². The zero-order valence-electron chi connectivity index (χ0n) is 14.4. The molecule has 3 rings (SSSR count). The summed E-state index contributed by atoms with van der Waals surface area (Å²) in [6, 6.07) is 9.80. The van der Waals surface area contributed by atoms with E-state index in [1.165, 1.54) is 4.90 Å². The molecule has 0 radical (unpaired) electrons. The van der Waals surface area contributed by atoms with Crippen molar-refractivity contribution in [3.63, 3.8) is 0 Å². The molecule has 0 bridgehead atoms. The van der Waals surface area contributed by atoms with Crippen molar-refractivity contribution in [1.82, 2.24) is 4.98 Å². The lowest BCUT2D eigenvalue weighted by atomic mass is 10.2. The molecule has 2 heterocycles. The number of anilines is 2. The molecule has 1 aromatic heterocycles. The second kappa shape index (κ2) is 7.74. The van der Waals surface area contributed by atoms with Crippen LogP contribution in [0.2, 0.25) is 0 Å². The van der Waals surface area contributed by atoms with Crippen LogP contribution in [0.4, 0.5) is 11.5 Å². The Morgan fingerprint density at radius 2 is 2.15 bits per heavy atom. The Bertz CT molecular complexity index is 843. The normalized spacial score (nSPS) is 14.3. The Morgan fingerprint density at radius 1 is 1.38 bits per heavy atom. The van der Waals surface area contributed by atoms with E-state index in [0.29, 0.717) is 34.2 Å². The average molecular weight is 420 g/mol. The fraction of sp³-hybridized carbons (Fsp3) is 0.278. The van der Waals surface area contributed by atoms with E-state index >= 15 is 0 Å². The van der Waals surface area contributed by atoms with Crippen molar-refractivity contribution in [2.45, 2.75) is 19.9 Å².